The molecule has 3 N–H and O–H groups in total. The van der Waals surface area contributed by atoms with Crippen LogP contribution in [0.4, 0.5) is 0 Å². The van der Waals surface area contributed by atoms with Crippen LogP contribution in [0.25, 0.3) is 0 Å². The van der Waals surface area contributed by atoms with Gasteiger partial charge >= 0.3 is 0 Å². The summed E-state index contributed by atoms with van der Waals surface area (Å²) in [6.07, 6.45) is 2.45. The molecule has 2 rings (SSSR count). The number of halogens is 1. The molecule has 0 aromatic heterocycles. The van der Waals surface area contributed by atoms with Crippen LogP contribution in [0, 0.1) is 0 Å². The van der Waals surface area contributed by atoms with Gasteiger partial charge in [-0.25, -0.2) is 4.99 Å². The van der Waals surface area contributed by atoms with E-state index in [9.17, 15) is 4.79 Å². The van der Waals surface area contributed by atoms with E-state index in [0.29, 0.717) is 25.7 Å². The van der Waals surface area contributed by atoms with Crippen LogP contribution in [0.1, 0.15) is 31.4 Å². The molecule has 8 nitrogen and oxygen atoms in total. The van der Waals surface area contributed by atoms with Gasteiger partial charge in [0.25, 0.3) is 0 Å². The molecule has 0 spiro atoms. The van der Waals surface area contributed by atoms with Gasteiger partial charge in [-0.15, -0.1) is 24.0 Å². The number of nitrogens with one attached hydrogen (secondary N) is 3. The maximum Gasteiger partial charge on any atom is 0.241 e. The average molecular weight is 533 g/mol. The predicted molar refractivity (Wildman–Crippen MR) is 131 cm³/mol. The van der Waals surface area contributed by atoms with E-state index in [1.54, 1.807) is 14.2 Å². The fourth-order valence-corrected chi connectivity index (χ4v) is 3.37. The molecular formula is C21H36IN5O3. The Labute approximate surface area is 197 Å². The minimum atomic E-state index is -0.120. The summed E-state index contributed by atoms with van der Waals surface area (Å²) in [7, 11) is 3.29. The number of carbonyl (C=O) groups is 1. The molecule has 30 heavy (non-hydrogen) atoms. The molecule has 0 radical (unpaired) electrons. The van der Waals surface area contributed by atoms with Crippen LogP contribution in [0.15, 0.2) is 29.3 Å². The molecule has 9 heteroatoms. The van der Waals surface area contributed by atoms with Crippen LogP contribution >= 0.6 is 24.0 Å². The van der Waals surface area contributed by atoms with Gasteiger partial charge in [-0.05, 0) is 50.6 Å². The van der Waals surface area contributed by atoms with Gasteiger partial charge in [0.2, 0.25) is 5.91 Å². The zero-order chi connectivity index (χ0) is 20.9. The van der Waals surface area contributed by atoms with Gasteiger partial charge in [-0.3, -0.25) is 9.69 Å². The van der Waals surface area contributed by atoms with Crippen molar-refractivity contribution in [3.63, 3.8) is 0 Å². The molecule has 1 unspecified atom stereocenters. The molecule has 1 aromatic rings. The Morgan fingerprint density at radius 3 is 2.43 bits per heavy atom. The summed E-state index contributed by atoms with van der Waals surface area (Å²) in [5.41, 5.74) is 1.24. The first-order valence-electron chi connectivity index (χ1n) is 10.3. The lowest BCUT2D eigenvalue weighted by atomic mass is 10.1. The minimum absolute atomic E-state index is 0. The Hall–Kier alpha value is -1.59. The minimum Gasteiger partial charge on any atom is -0.497 e. The topological polar surface area (TPSA) is 87.2 Å². The van der Waals surface area contributed by atoms with Crippen molar-refractivity contribution in [2.24, 2.45) is 4.99 Å². The van der Waals surface area contributed by atoms with E-state index in [2.05, 4.69) is 38.0 Å². The lowest BCUT2D eigenvalue weighted by Gasteiger charge is -2.29. The zero-order valence-corrected chi connectivity index (χ0v) is 20.6. The van der Waals surface area contributed by atoms with E-state index in [4.69, 9.17) is 9.47 Å². The van der Waals surface area contributed by atoms with Crippen LogP contribution in [-0.4, -0.2) is 76.9 Å². The first-order valence-corrected chi connectivity index (χ1v) is 10.3. The Kier molecular flexibility index (Phi) is 13.4. The number of benzene rings is 1. The van der Waals surface area contributed by atoms with E-state index in [0.717, 1.165) is 25.4 Å². The number of ether oxygens (including phenoxy) is 2. The number of methoxy groups -OCH3 is 2. The third-order valence-electron chi connectivity index (χ3n) is 4.90. The number of hydrogen-bond acceptors (Lipinski definition) is 5. The summed E-state index contributed by atoms with van der Waals surface area (Å²) in [6.45, 7) is 6.70. The molecule has 0 saturated carbocycles. The van der Waals surface area contributed by atoms with E-state index in [-0.39, 0.29) is 42.5 Å². The fraction of sp³-hybridized carbons (Fsp3) is 0.619. The third-order valence-corrected chi connectivity index (χ3v) is 4.90. The first-order chi connectivity index (χ1) is 14.2. The van der Waals surface area contributed by atoms with Crippen molar-refractivity contribution in [3.05, 3.63) is 29.8 Å². The second kappa shape index (κ2) is 15.2. The van der Waals surface area contributed by atoms with Crippen molar-refractivity contribution in [1.29, 1.82) is 0 Å². The summed E-state index contributed by atoms with van der Waals surface area (Å²) < 4.78 is 10.2. The Balaban J connectivity index is 0.00000450. The number of aliphatic imine (C=N–C) groups is 1. The maximum absolute atomic E-state index is 11.9. The Bertz CT molecular complexity index is 636. The number of hydrogen-bond donors (Lipinski definition) is 3. The number of guanidine groups is 1. The molecule has 1 heterocycles. The zero-order valence-electron chi connectivity index (χ0n) is 18.3. The monoisotopic (exact) mass is 533 g/mol. The Morgan fingerprint density at radius 2 is 1.83 bits per heavy atom. The normalized spacial score (nSPS) is 15.2. The van der Waals surface area contributed by atoms with E-state index < -0.39 is 0 Å². The van der Waals surface area contributed by atoms with Crippen LogP contribution in [0.3, 0.4) is 0 Å². The van der Waals surface area contributed by atoms with E-state index >= 15 is 0 Å². The van der Waals surface area contributed by atoms with Gasteiger partial charge < -0.3 is 25.4 Å². The molecular weight excluding hydrogens is 497 g/mol. The van der Waals surface area contributed by atoms with Crippen LogP contribution in [-0.2, 0) is 9.53 Å². The van der Waals surface area contributed by atoms with Crippen molar-refractivity contribution >= 4 is 35.8 Å². The number of rotatable bonds is 11. The van der Waals surface area contributed by atoms with Gasteiger partial charge in [0.15, 0.2) is 5.96 Å². The van der Waals surface area contributed by atoms with Crippen LogP contribution < -0.4 is 20.7 Å². The van der Waals surface area contributed by atoms with Gasteiger partial charge in [0.05, 0.1) is 19.8 Å². The predicted octanol–water partition coefficient (Wildman–Crippen LogP) is 1.77. The lowest BCUT2D eigenvalue weighted by molar-refractivity contribution is -0.119. The molecule has 1 amide bonds. The molecule has 1 atom stereocenters. The van der Waals surface area contributed by atoms with Crippen molar-refractivity contribution in [2.45, 2.75) is 25.8 Å². The van der Waals surface area contributed by atoms with E-state index in [1.807, 2.05) is 19.1 Å². The lowest BCUT2D eigenvalue weighted by Crippen LogP contribution is -2.43. The summed E-state index contributed by atoms with van der Waals surface area (Å²) in [6, 6.07) is 8.49. The highest BCUT2D eigenvalue weighted by molar-refractivity contribution is 14.0. The van der Waals surface area contributed by atoms with Crippen LogP contribution in [0.5, 0.6) is 5.75 Å². The maximum atomic E-state index is 11.9. The van der Waals surface area contributed by atoms with Gasteiger partial charge in [-0.2, -0.15) is 0 Å². The quantitative estimate of drug-likeness (QED) is 0.174. The van der Waals surface area contributed by atoms with Gasteiger partial charge in [-0.1, -0.05) is 12.1 Å². The smallest absolute Gasteiger partial charge is 0.241 e. The van der Waals surface area contributed by atoms with Crippen molar-refractivity contribution < 1.29 is 14.3 Å². The van der Waals surface area contributed by atoms with Gasteiger partial charge in [0, 0.05) is 26.7 Å². The second-order valence-corrected chi connectivity index (χ2v) is 6.95. The molecule has 1 aromatic carbocycles. The van der Waals surface area contributed by atoms with Crippen LogP contribution in [0.2, 0.25) is 0 Å². The number of carbonyl (C=O) groups excluding carboxylic acids is 1. The van der Waals surface area contributed by atoms with Gasteiger partial charge in [0.1, 0.15) is 12.3 Å². The highest BCUT2D eigenvalue weighted by atomic mass is 127. The summed E-state index contributed by atoms with van der Waals surface area (Å²) in [5, 5.41) is 9.41. The average Bonchev–Trinajstić information content (AvgIpc) is 3.27. The molecule has 170 valence electrons. The van der Waals surface area contributed by atoms with E-state index in [1.165, 1.54) is 18.4 Å². The highest BCUT2D eigenvalue weighted by Crippen LogP contribution is 2.26. The molecule has 1 saturated heterocycles. The van der Waals surface area contributed by atoms with Crippen molar-refractivity contribution in [2.75, 3.05) is 60.1 Å². The SMILES string of the molecule is CCNC(=NCC(=O)NCCOC)NCC(c1ccc(OC)cc1)N1CCCC1.I. The standard InChI is InChI=1S/C21H35N5O3.HI/c1-4-22-21(25-16-20(27)23-11-14-28-2)24-15-19(26-12-5-6-13-26)17-7-9-18(29-3)10-8-17;/h7-10,19H,4-6,11-16H2,1-3H3,(H,23,27)(H2,22,24,25);1H. The number of amides is 1. The Morgan fingerprint density at radius 1 is 1.13 bits per heavy atom. The molecule has 1 fully saturated rings. The summed E-state index contributed by atoms with van der Waals surface area (Å²) >= 11 is 0. The number of nitrogens with zero attached hydrogens (tertiary/aromatic N) is 2. The third kappa shape index (κ3) is 9.05. The molecule has 0 aliphatic carbocycles. The molecule has 1 aliphatic heterocycles. The second-order valence-electron chi connectivity index (χ2n) is 6.95. The van der Waals surface area contributed by atoms with Crippen molar-refractivity contribution in [3.8, 4) is 5.75 Å². The first kappa shape index (κ1) is 26.4. The fourth-order valence-electron chi connectivity index (χ4n) is 3.37. The largest absolute Gasteiger partial charge is 0.497 e. The summed E-state index contributed by atoms with van der Waals surface area (Å²) in [4.78, 5) is 18.8. The summed E-state index contributed by atoms with van der Waals surface area (Å²) in [5.74, 6) is 1.38. The number of likely N-dealkylation sites (tertiary alicyclic amines) is 1. The molecule has 0 bridgehead atoms. The van der Waals surface area contributed by atoms with Crippen molar-refractivity contribution in [1.82, 2.24) is 20.9 Å². The highest BCUT2D eigenvalue weighted by Gasteiger charge is 2.23. The molecule has 1 aliphatic rings.